The number of primary amides is 1. The third-order valence-corrected chi connectivity index (χ3v) is 3.59. The SMILES string of the molecule is Cn1nc(-c2ccc(Oc3ccc(F)cc3F)cc2)c(C(N)=O)c1N. The molecule has 3 aromatic rings. The number of anilines is 1. The molecule has 0 radical (unpaired) electrons. The summed E-state index contributed by atoms with van der Waals surface area (Å²) in [6.07, 6.45) is 0. The van der Waals surface area contributed by atoms with E-state index in [0.717, 1.165) is 12.1 Å². The van der Waals surface area contributed by atoms with Crippen LogP contribution in [0.4, 0.5) is 14.6 Å². The van der Waals surface area contributed by atoms with Crippen molar-refractivity contribution in [3.8, 4) is 22.8 Å². The van der Waals surface area contributed by atoms with E-state index in [9.17, 15) is 13.6 Å². The largest absolute Gasteiger partial charge is 0.454 e. The average molecular weight is 344 g/mol. The maximum Gasteiger partial charge on any atom is 0.254 e. The molecule has 128 valence electrons. The van der Waals surface area contributed by atoms with Crippen LogP contribution in [0.25, 0.3) is 11.3 Å². The molecule has 0 spiro atoms. The zero-order valence-electron chi connectivity index (χ0n) is 13.2. The Labute approximate surface area is 141 Å². The van der Waals surface area contributed by atoms with E-state index in [1.807, 2.05) is 0 Å². The van der Waals surface area contributed by atoms with Crippen molar-refractivity contribution < 1.29 is 18.3 Å². The minimum Gasteiger partial charge on any atom is -0.454 e. The van der Waals surface area contributed by atoms with Crippen molar-refractivity contribution in [3.05, 3.63) is 59.7 Å². The number of nitrogen functional groups attached to an aromatic ring is 1. The molecule has 1 aromatic heterocycles. The van der Waals surface area contributed by atoms with Crippen molar-refractivity contribution in [2.45, 2.75) is 0 Å². The van der Waals surface area contributed by atoms with Crippen LogP contribution in [-0.4, -0.2) is 15.7 Å². The Balaban J connectivity index is 1.91. The molecule has 0 atom stereocenters. The third kappa shape index (κ3) is 3.14. The van der Waals surface area contributed by atoms with Crippen molar-refractivity contribution in [2.75, 3.05) is 5.73 Å². The molecule has 0 aliphatic carbocycles. The second-order valence-corrected chi connectivity index (χ2v) is 5.30. The van der Waals surface area contributed by atoms with Crippen LogP contribution in [0, 0.1) is 11.6 Å². The first-order chi connectivity index (χ1) is 11.9. The Hall–Kier alpha value is -3.42. The van der Waals surface area contributed by atoms with E-state index in [4.69, 9.17) is 16.2 Å². The van der Waals surface area contributed by atoms with Gasteiger partial charge in [-0.2, -0.15) is 5.10 Å². The van der Waals surface area contributed by atoms with Gasteiger partial charge in [0, 0.05) is 18.7 Å². The predicted molar refractivity (Wildman–Crippen MR) is 88.0 cm³/mol. The molecule has 6 nitrogen and oxygen atoms in total. The molecule has 0 aliphatic heterocycles. The average Bonchev–Trinajstić information content (AvgIpc) is 2.86. The Kier molecular flexibility index (Phi) is 4.10. The quantitative estimate of drug-likeness (QED) is 0.760. The first-order valence-electron chi connectivity index (χ1n) is 7.22. The van der Waals surface area contributed by atoms with Crippen LogP contribution >= 0.6 is 0 Å². The normalized spacial score (nSPS) is 10.7. The highest BCUT2D eigenvalue weighted by Gasteiger charge is 2.20. The lowest BCUT2D eigenvalue weighted by molar-refractivity contribution is 0.100. The molecular weight excluding hydrogens is 330 g/mol. The number of aromatic nitrogens is 2. The van der Waals surface area contributed by atoms with Crippen LogP contribution in [0.2, 0.25) is 0 Å². The van der Waals surface area contributed by atoms with Gasteiger partial charge in [0.15, 0.2) is 11.6 Å². The van der Waals surface area contributed by atoms with Crippen molar-refractivity contribution in [1.82, 2.24) is 9.78 Å². The van der Waals surface area contributed by atoms with Gasteiger partial charge < -0.3 is 16.2 Å². The molecule has 4 N–H and O–H groups in total. The van der Waals surface area contributed by atoms with Crippen LogP contribution < -0.4 is 16.2 Å². The molecule has 0 fully saturated rings. The molecule has 1 amide bonds. The first kappa shape index (κ1) is 16.4. The van der Waals surface area contributed by atoms with Crippen LogP contribution in [0.5, 0.6) is 11.5 Å². The molecule has 3 rings (SSSR count). The van der Waals surface area contributed by atoms with Crippen molar-refractivity contribution >= 4 is 11.7 Å². The standard InChI is InChI=1S/C17H14F2N4O2/c1-23-16(20)14(17(21)24)15(22-23)9-2-5-11(6-3-9)25-13-7-4-10(18)8-12(13)19/h2-8H,20H2,1H3,(H2,21,24). The number of nitrogens with two attached hydrogens (primary N) is 2. The monoisotopic (exact) mass is 344 g/mol. The number of hydrogen-bond acceptors (Lipinski definition) is 4. The molecule has 0 aliphatic rings. The van der Waals surface area contributed by atoms with E-state index in [0.29, 0.717) is 17.0 Å². The summed E-state index contributed by atoms with van der Waals surface area (Å²) in [5.41, 5.74) is 12.2. The second kappa shape index (κ2) is 6.23. The number of carbonyl (C=O) groups excluding carboxylic acids is 1. The highest BCUT2D eigenvalue weighted by atomic mass is 19.1. The fourth-order valence-corrected chi connectivity index (χ4v) is 2.35. The lowest BCUT2D eigenvalue weighted by Crippen LogP contribution is -2.14. The minimum atomic E-state index is -0.808. The van der Waals surface area contributed by atoms with Gasteiger partial charge in [-0.05, 0) is 36.4 Å². The predicted octanol–water partition coefficient (Wildman–Crippen LogP) is 2.84. The summed E-state index contributed by atoms with van der Waals surface area (Å²) < 4.78 is 33.3. The van der Waals surface area contributed by atoms with Crippen molar-refractivity contribution in [1.29, 1.82) is 0 Å². The Morgan fingerprint density at radius 3 is 2.44 bits per heavy atom. The zero-order chi connectivity index (χ0) is 18.1. The number of rotatable bonds is 4. The Morgan fingerprint density at radius 1 is 1.16 bits per heavy atom. The molecular formula is C17H14F2N4O2. The number of halogens is 2. The first-order valence-corrected chi connectivity index (χ1v) is 7.22. The minimum absolute atomic E-state index is 0.103. The van der Waals surface area contributed by atoms with Gasteiger partial charge in [-0.3, -0.25) is 9.48 Å². The molecule has 1 heterocycles. The lowest BCUT2D eigenvalue weighted by atomic mass is 10.1. The highest BCUT2D eigenvalue weighted by molar-refractivity contribution is 6.03. The summed E-state index contributed by atoms with van der Waals surface area (Å²) in [4.78, 5) is 11.6. The Bertz CT molecular complexity index is 952. The van der Waals surface area contributed by atoms with Gasteiger partial charge in [-0.1, -0.05) is 0 Å². The number of nitrogens with zero attached hydrogens (tertiary/aromatic N) is 2. The number of hydrogen-bond donors (Lipinski definition) is 2. The van der Waals surface area contributed by atoms with Gasteiger partial charge in [-0.25, -0.2) is 8.78 Å². The van der Waals surface area contributed by atoms with Gasteiger partial charge in [0.2, 0.25) is 0 Å². The Morgan fingerprint density at radius 2 is 1.84 bits per heavy atom. The summed E-state index contributed by atoms with van der Waals surface area (Å²) in [5, 5.41) is 4.19. The molecule has 8 heteroatoms. The van der Waals surface area contributed by atoms with E-state index in [1.165, 1.54) is 10.7 Å². The number of ether oxygens (including phenoxy) is 1. The van der Waals surface area contributed by atoms with Gasteiger partial charge in [-0.15, -0.1) is 0 Å². The molecule has 0 saturated carbocycles. The lowest BCUT2D eigenvalue weighted by Gasteiger charge is -2.07. The van der Waals surface area contributed by atoms with E-state index in [1.54, 1.807) is 31.3 Å². The third-order valence-electron chi connectivity index (χ3n) is 3.59. The fraction of sp³-hybridized carbons (Fsp3) is 0.0588. The second-order valence-electron chi connectivity index (χ2n) is 5.30. The van der Waals surface area contributed by atoms with Crippen LogP contribution in [0.15, 0.2) is 42.5 Å². The van der Waals surface area contributed by atoms with Crippen LogP contribution in [0.3, 0.4) is 0 Å². The summed E-state index contributed by atoms with van der Waals surface area (Å²) in [6, 6.07) is 9.42. The van der Waals surface area contributed by atoms with E-state index < -0.39 is 17.5 Å². The maximum absolute atomic E-state index is 13.6. The van der Waals surface area contributed by atoms with Gasteiger partial charge >= 0.3 is 0 Å². The van der Waals surface area contributed by atoms with E-state index in [2.05, 4.69) is 5.10 Å². The molecule has 0 bridgehead atoms. The summed E-state index contributed by atoms with van der Waals surface area (Å²) in [7, 11) is 1.60. The maximum atomic E-state index is 13.6. The molecule has 25 heavy (non-hydrogen) atoms. The zero-order valence-corrected chi connectivity index (χ0v) is 13.2. The summed E-state index contributed by atoms with van der Waals surface area (Å²) in [5.74, 6) is -1.79. The van der Waals surface area contributed by atoms with E-state index in [-0.39, 0.29) is 17.1 Å². The van der Waals surface area contributed by atoms with Gasteiger partial charge in [0.05, 0.1) is 0 Å². The van der Waals surface area contributed by atoms with Crippen LogP contribution in [0.1, 0.15) is 10.4 Å². The van der Waals surface area contributed by atoms with Gasteiger partial charge in [0.1, 0.15) is 28.6 Å². The topological polar surface area (TPSA) is 96.2 Å². The number of benzene rings is 2. The molecule has 0 saturated heterocycles. The number of carbonyl (C=O) groups is 1. The summed E-state index contributed by atoms with van der Waals surface area (Å²) >= 11 is 0. The van der Waals surface area contributed by atoms with Crippen molar-refractivity contribution in [3.63, 3.8) is 0 Å². The smallest absolute Gasteiger partial charge is 0.254 e. The summed E-state index contributed by atoms with van der Waals surface area (Å²) in [6.45, 7) is 0. The number of amides is 1. The van der Waals surface area contributed by atoms with Gasteiger partial charge in [0.25, 0.3) is 5.91 Å². The van der Waals surface area contributed by atoms with E-state index >= 15 is 0 Å². The molecule has 2 aromatic carbocycles. The number of aryl methyl sites for hydroxylation is 1. The molecule has 0 unspecified atom stereocenters. The van der Waals surface area contributed by atoms with Crippen LogP contribution in [-0.2, 0) is 7.05 Å². The fourth-order valence-electron chi connectivity index (χ4n) is 2.35. The van der Waals surface area contributed by atoms with Crippen molar-refractivity contribution in [2.24, 2.45) is 12.8 Å². The highest BCUT2D eigenvalue weighted by Crippen LogP contribution is 2.30.